The molecule has 5 heteroatoms. The molecule has 1 aliphatic heterocycles. The van der Waals surface area contributed by atoms with E-state index in [-0.39, 0.29) is 12.0 Å². The normalized spacial score (nSPS) is 23.5. The van der Waals surface area contributed by atoms with E-state index in [1.165, 1.54) is 0 Å². The van der Waals surface area contributed by atoms with Crippen molar-refractivity contribution in [3.05, 3.63) is 11.9 Å². The Labute approximate surface area is 115 Å². The Hall–Kier alpha value is -1.36. The van der Waals surface area contributed by atoms with Crippen molar-refractivity contribution in [2.75, 3.05) is 30.4 Å². The number of hydrogen-bond acceptors (Lipinski definition) is 5. The molecule has 0 amide bonds. The Morgan fingerprint density at radius 3 is 2.89 bits per heavy atom. The first-order chi connectivity index (χ1) is 9.13. The number of aliphatic hydroxyl groups is 1. The molecule has 2 atom stereocenters. The molecular weight excluding hydrogens is 240 g/mol. The summed E-state index contributed by atoms with van der Waals surface area (Å²) in [7, 11) is 1.88. The maximum absolute atomic E-state index is 9.81. The van der Waals surface area contributed by atoms with Crippen LogP contribution in [0, 0.1) is 5.92 Å². The molecule has 2 N–H and O–H groups in total. The number of rotatable bonds is 4. The molecule has 0 saturated carbocycles. The number of nitrogens with zero attached hydrogens (tertiary/aromatic N) is 3. The van der Waals surface area contributed by atoms with Gasteiger partial charge in [-0.05, 0) is 18.8 Å². The van der Waals surface area contributed by atoms with Gasteiger partial charge in [0.2, 0.25) is 0 Å². The summed E-state index contributed by atoms with van der Waals surface area (Å²) in [6.07, 6.45) is 2.57. The quantitative estimate of drug-likeness (QED) is 0.866. The lowest BCUT2D eigenvalue weighted by atomic mass is 9.97. The summed E-state index contributed by atoms with van der Waals surface area (Å²) >= 11 is 0. The third-order valence-corrected chi connectivity index (χ3v) is 3.67. The van der Waals surface area contributed by atoms with Gasteiger partial charge in [-0.15, -0.1) is 0 Å². The molecule has 2 rings (SSSR count). The van der Waals surface area contributed by atoms with Crippen LogP contribution < -0.4 is 10.2 Å². The van der Waals surface area contributed by atoms with E-state index < -0.39 is 0 Å². The molecule has 2 heterocycles. The lowest BCUT2D eigenvalue weighted by Gasteiger charge is -2.35. The standard InChI is InChI=1S/C14H24N4O/c1-4-5-12-16-13(15-3)8-14(17-12)18-7-6-11(19)10(2)9-18/h8,10-11,19H,4-7,9H2,1-3H3,(H,15,16,17). The zero-order chi connectivity index (χ0) is 13.8. The maximum Gasteiger partial charge on any atom is 0.134 e. The van der Waals surface area contributed by atoms with Crippen molar-refractivity contribution in [2.24, 2.45) is 5.92 Å². The number of aliphatic hydroxyl groups excluding tert-OH is 1. The van der Waals surface area contributed by atoms with Crippen molar-refractivity contribution < 1.29 is 5.11 Å². The van der Waals surface area contributed by atoms with E-state index in [9.17, 15) is 5.11 Å². The topological polar surface area (TPSA) is 61.3 Å². The smallest absolute Gasteiger partial charge is 0.134 e. The van der Waals surface area contributed by atoms with Crippen LogP contribution in [0.25, 0.3) is 0 Å². The third kappa shape index (κ3) is 3.35. The number of piperidine rings is 1. The van der Waals surface area contributed by atoms with Crippen LogP contribution >= 0.6 is 0 Å². The van der Waals surface area contributed by atoms with Crippen molar-refractivity contribution >= 4 is 11.6 Å². The molecule has 1 aliphatic rings. The minimum absolute atomic E-state index is 0.183. The average molecular weight is 264 g/mol. The van der Waals surface area contributed by atoms with E-state index in [0.29, 0.717) is 0 Å². The summed E-state index contributed by atoms with van der Waals surface area (Å²) in [6, 6.07) is 1.99. The van der Waals surface area contributed by atoms with E-state index in [4.69, 9.17) is 0 Å². The Balaban J connectivity index is 2.20. The van der Waals surface area contributed by atoms with Crippen LogP contribution in [0.5, 0.6) is 0 Å². The molecule has 0 spiro atoms. The third-order valence-electron chi connectivity index (χ3n) is 3.67. The molecule has 0 radical (unpaired) electrons. The van der Waals surface area contributed by atoms with Crippen LogP contribution in [0.3, 0.4) is 0 Å². The molecule has 0 aromatic carbocycles. The van der Waals surface area contributed by atoms with Gasteiger partial charge in [0.15, 0.2) is 0 Å². The van der Waals surface area contributed by atoms with Crippen molar-refractivity contribution in [2.45, 2.75) is 39.2 Å². The van der Waals surface area contributed by atoms with Crippen molar-refractivity contribution in [3.63, 3.8) is 0 Å². The van der Waals surface area contributed by atoms with Crippen LogP contribution in [0.1, 0.15) is 32.5 Å². The highest BCUT2D eigenvalue weighted by molar-refractivity contribution is 5.49. The van der Waals surface area contributed by atoms with Gasteiger partial charge in [-0.25, -0.2) is 9.97 Å². The first-order valence-corrected chi connectivity index (χ1v) is 7.12. The molecule has 19 heavy (non-hydrogen) atoms. The van der Waals surface area contributed by atoms with Gasteiger partial charge in [0.05, 0.1) is 6.10 Å². The average Bonchev–Trinajstić information content (AvgIpc) is 2.42. The second-order valence-corrected chi connectivity index (χ2v) is 5.31. The Bertz CT molecular complexity index is 424. The molecule has 1 aromatic heterocycles. The highest BCUT2D eigenvalue weighted by Gasteiger charge is 2.25. The minimum atomic E-state index is -0.183. The molecule has 106 valence electrons. The monoisotopic (exact) mass is 264 g/mol. The lowest BCUT2D eigenvalue weighted by molar-refractivity contribution is 0.0969. The van der Waals surface area contributed by atoms with Crippen molar-refractivity contribution in [1.29, 1.82) is 0 Å². The van der Waals surface area contributed by atoms with Gasteiger partial charge in [-0.2, -0.15) is 0 Å². The van der Waals surface area contributed by atoms with Gasteiger partial charge < -0.3 is 15.3 Å². The highest BCUT2D eigenvalue weighted by atomic mass is 16.3. The molecule has 1 fully saturated rings. The fourth-order valence-electron chi connectivity index (χ4n) is 2.45. The minimum Gasteiger partial charge on any atom is -0.393 e. The molecule has 0 bridgehead atoms. The van der Waals surface area contributed by atoms with Crippen molar-refractivity contribution in [1.82, 2.24) is 9.97 Å². The number of anilines is 2. The highest BCUT2D eigenvalue weighted by Crippen LogP contribution is 2.23. The summed E-state index contributed by atoms with van der Waals surface area (Å²) in [5.74, 6) is 3.02. The second-order valence-electron chi connectivity index (χ2n) is 5.31. The molecule has 1 saturated heterocycles. The summed E-state index contributed by atoms with van der Waals surface area (Å²) in [5.41, 5.74) is 0. The Morgan fingerprint density at radius 1 is 1.47 bits per heavy atom. The fourth-order valence-corrected chi connectivity index (χ4v) is 2.45. The molecule has 2 unspecified atom stereocenters. The first kappa shape index (κ1) is 14.1. The van der Waals surface area contributed by atoms with Crippen LogP contribution in [0.4, 0.5) is 11.6 Å². The Morgan fingerprint density at radius 2 is 2.26 bits per heavy atom. The number of nitrogens with one attached hydrogen (secondary N) is 1. The van der Waals surface area contributed by atoms with Gasteiger partial charge in [0, 0.05) is 32.6 Å². The Kier molecular flexibility index (Phi) is 4.58. The van der Waals surface area contributed by atoms with Crippen LogP contribution in [-0.4, -0.2) is 41.3 Å². The number of aromatic nitrogens is 2. The fraction of sp³-hybridized carbons (Fsp3) is 0.714. The molecule has 0 aliphatic carbocycles. The largest absolute Gasteiger partial charge is 0.393 e. The maximum atomic E-state index is 9.81. The molecular formula is C14H24N4O. The molecule has 1 aromatic rings. The zero-order valence-corrected chi connectivity index (χ0v) is 12.1. The predicted molar refractivity (Wildman–Crippen MR) is 77.6 cm³/mol. The first-order valence-electron chi connectivity index (χ1n) is 7.12. The van der Waals surface area contributed by atoms with Crippen LogP contribution in [0.15, 0.2) is 6.07 Å². The van der Waals surface area contributed by atoms with Gasteiger partial charge in [0.1, 0.15) is 17.5 Å². The summed E-state index contributed by atoms with van der Waals surface area (Å²) in [6.45, 7) is 5.93. The SMILES string of the molecule is CCCc1nc(NC)cc(N2CCC(O)C(C)C2)n1. The zero-order valence-electron chi connectivity index (χ0n) is 12.1. The lowest BCUT2D eigenvalue weighted by Crippen LogP contribution is -2.42. The van der Waals surface area contributed by atoms with E-state index in [1.807, 2.05) is 13.1 Å². The summed E-state index contributed by atoms with van der Waals surface area (Å²) < 4.78 is 0. The summed E-state index contributed by atoms with van der Waals surface area (Å²) in [5, 5.41) is 12.9. The van der Waals surface area contributed by atoms with E-state index >= 15 is 0 Å². The number of hydrogen-bond donors (Lipinski definition) is 2. The van der Waals surface area contributed by atoms with Gasteiger partial charge in [-0.1, -0.05) is 13.8 Å². The van der Waals surface area contributed by atoms with Crippen LogP contribution in [-0.2, 0) is 6.42 Å². The van der Waals surface area contributed by atoms with E-state index in [1.54, 1.807) is 0 Å². The number of aryl methyl sites for hydroxylation is 1. The second kappa shape index (κ2) is 6.19. The van der Waals surface area contributed by atoms with Gasteiger partial charge in [-0.3, -0.25) is 0 Å². The van der Waals surface area contributed by atoms with E-state index in [2.05, 4.69) is 34.0 Å². The van der Waals surface area contributed by atoms with E-state index in [0.717, 1.165) is 49.8 Å². The van der Waals surface area contributed by atoms with Gasteiger partial charge >= 0.3 is 0 Å². The van der Waals surface area contributed by atoms with Gasteiger partial charge in [0.25, 0.3) is 0 Å². The predicted octanol–water partition coefficient (Wildman–Crippen LogP) is 1.68. The summed E-state index contributed by atoms with van der Waals surface area (Å²) in [4.78, 5) is 11.4. The van der Waals surface area contributed by atoms with Crippen LogP contribution in [0.2, 0.25) is 0 Å². The van der Waals surface area contributed by atoms with Crippen molar-refractivity contribution in [3.8, 4) is 0 Å². The molecule has 5 nitrogen and oxygen atoms in total.